The molecule has 0 spiro atoms. The Morgan fingerprint density at radius 3 is 2.48 bits per heavy atom. The molecule has 0 saturated heterocycles. The molecule has 5 heteroatoms. The van der Waals surface area contributed by atoms with Crippen molar-refractivity contribution in [2.24, 2.45) is 0 Å². The average molecular weight is 324 g/mol. The smallest absolute Gasteiger partial charge is 0.257 e. The van der Waals surface area contributed by atoms with Gasteiger partial charge in [-0.15, -0.1) is 0 Å². The van der Waals surface area contributed by atoms with Gasteiger partial charge in [0, 0.05) is 23.8 Å². The summed E-state index contributed by atoms with van der Waals surface area (Å²) >= 11 is 6.26. The lowest BCUT2D eigenvalue weighted by molar-refractivity contribution is 0.102. The summed E-state index contributed by atoms with van der Waals surface area (Å²) in [6, 6.07) is 18.6. The van der Waals surface area contributed by atoms with Gasteiger partial charge in [-0.1, -0.05) is 29.8 Å². The largest absolute Gasteiger partial charge is 0.355 e. The predicted octanol–water partition coefficient (Wildman–Crippen LogP) is 4.73. The number of para-hydroxylation sites is 1. The Morgan fingerprint density at radius 2 is 1.78 bits per heavy atom. The fourth-order valence-electron chi connectivity index (χ4n) is 2.07. The molecule has 0 aliphatic carbocycles. The lowest BCUT2D eigenvalue weighted by Gasteiger charge is -2.10. The number of hydrogen-bond donors (Lipinski definition) is 2. The minimum atomic E-state index is -0.247. The lowest BCUT2D eigenvalue weighted by Crippen LogP contribution is -2.12. The van der Waals surface area contributed by atoms with Crippen molar-refractivity contribution in [2.75, 3.05) is 10.6 Å². The molecule has 0 aliphatic heterocycles. The molecule has 2 N–H and O–H groups in total. The third-order valence-electron chi connectivity index (χ3n) is 3.20. The van der Waals surface area contributed by atoms with Crippen LogP contribution in [0.25, 0.3) is 0 Å². The number of benzene rings is 2. The van der Waals surface area contributed by atoms with E-state index in [1.54, 1.807) is 30.5 Å². The summed E-state index contributed by atoms with van der Waals surface area (Å²) in [5.41, 5.74) is 2.85. The van der Waals surface area contributed by atoms with Gasteiger partial charge >= 0.3 is 0 Å². The van der Waals surface area contributed by atoms with Crippen LogP contribution < -0.4 is 10.6 Å². The molecular weight excluding hydrogens is 310 g/mol. The Morgan fingerprint density at radius 1 is 0.957 bits per heavy atom. The molecule has 3 aromatic rings. The van der Waals surface area contributed by atoms with Gasteiger partial charge in [0.1, 0.15) is 0 Å². The van der Waals surface area contributed by atoms with E-state index in [4.69, 9.17) is 11.6 Å². The summed E-state index contributed by atoms with van der Waals surface area (Å²) < 4.78 is 0. The van der Waals surface area contributed by atoms with Crippen LogP contribution in [-0.4, -0.2) is 10.9 Å². The molecule has 23 heavy (non-hydrogen) atoms. The molecule has 1 aromatic heterocycles. The molecule has 0 saturated carbocycles. The van der Waals surface area contributed by atoms with Gasteiger partial charge in [0.25, 0.3) is 5.91 Å². The van der Waals surface area contributed by atoms with Crippen LogP contribution in [0.2, 0.25) is 5.02 Å². The molecule has 2 aromatic carbocycles. The van der Waals surface area contributed by atoms with Gasteiger partial charge in [-0.25, -0.2) is 0 Å². The molecule has 114 valence electrons. The van der Waals surface area contributed by atoms with Crippen molar-refractivity contribution >= 4 is 34.6 Å². The number of nitrogens with zero attached hydrogens (tertiary/aromatic N) is 1. The van der Waals surface area contributed by atoms with Crippen molar-refractivity contribution in [3.63, 3.8) is 0 Å². The minimum absolute atomic E-state index is 0.247. The maximum atomic E-state index is 12.1. The molecule has 0 atom stereocenters. The molecule has 0 fully saturated rings. The van der Waals surface area contributed by atoms with E-state index in [1.165, 1.54) is 6.20 Å². The quantitative estimate of drug-likeness (QED) is 0.729. The summed E-state index contributed by atoms with van der Waals surface area (Å²) in [5, 5.41) is 6.49. The first-order chi connectivity index (χ1) is 11.2. The maximum Gasteiger partial charge on any atom is 0.257 e. The zero-order valence-corrected chi connectivity index (χ0v) is 12.9. The van der Waals surface area contributed by atoms with Gasteiger partial charge in [-0.05, 0) is 42.5 Å². The molecule has 0 aliphatic rings. The Balaban J connectivity index is 1.73. The van der Waals surface area contributed by atoms with Gasteiger partial charge < -0.3 is 10.6 Å². The van der Waals surface area contributed by atoms with Crippen LogP contribution >= 0.6 is 11.6 Å². The molecule has 1 amide bonds. The van der Waals surface area contributed by atoms with Crippen LogP contribution in [0, 0.1) is 0 Å². The molecule has 1 heterocycles. The van der Waals surface area contributed by atoms with Gasteiger partial charge in [0.2, 0.25) is 0 Å². The van der Waals surface area contributed by atoms with Crippen LogP contribution in [0.3, 0.4) is 0 Å². The van der Waals surface area contributed by atoms with Gasteiger partial charge in [-0.2, -0.15) is 0 Å². The van der Waals surface area contributed by atoms with Crippen molar-refractivity contribution in [3.8, 4) is 0 Å². The molecule has 0 bridgehead atoms. The number of rotatable bonds is 4. The van der Waals surface area contributed by atoms with Crippen molar-refractivity contribution in [1.82, 2.24) is 4.98 Å². The highest BCUT2D eigenvalue weighted by Crippen LogP contribution is 2.27. The first-order valence-electron chi connectivity index (χ1n) is 7.05. The van der Waals surface area contributed by atoms with E-state index < -0.39 is 0 Å². The van der Waals surface area contributed by atoms with Crippen molar-refractivity contribution in [1.29, 1.82) is 0 Å². The average Bonchev–Trinajstić information content (AvgIpc) is 2.59. The summed E-state index contributed by atoms with van der Waals surface area (Å²) in [6.07, 6.45) is 3.13. The fraction of sp³-hybridized carbons (Fsp3) is 0. The summed E-state index contributed by atoms with van der Waals surface area (Å²) in [4.78, 5) is 16.0. The predicted molar refractivity (Wildman–Crippen MR) is 93.4 cm³/mol. The number of pyridine rings is 1. The Kier molecular flexibility index (Phi) is 4.54. The highest BCUT2D eigenvalue weighted by Gasteiger charge is 2.09. The van der Waals surface area contributed by atoms with E-state index in [1.807, 2.05) is 36.4 Å². The van der Waals surface area contributed by atoms with Crippen LogP contribution in [-0.2, 0) is 0 Å². The number of carbonyl (C=O) groups excluding carboxylic acids is 1. The van der Waals surface area contributed by atoms with Crippen LogP contribution in [0.4, 0.5) is 17.1 Å². The lowest BCUT2D eigenvalue weighted by atomic mass is 10.2. The normalized spacial score (nSPS) is 10.1. The van der Waals surface area contributed by atoms with E-state index in [2.05, 4.69) is 15.6 Å². The van der Waals surface area contributed by atoms with E-state index in [0.29, 0.717) is 16.3 Å². The molecule has 0 radical (unpaired) electrons. The minimum Gasteiger partial charge on any atom is -0.355 e. The second-order valence-corrected chi connectivity index (χ2v) is 5.29. The number of halogens is 1. The summed E-state index contributed by atoms with van der Waals surface area (Å²) in [7, 11) is 0. The second-order valence-electron chi connectivity index (χ2n) is 4.88. The molecule has 4 nitrogen and oxygen atoms in total. The SMILES string of the molecule is O=C(Nc1ccc(Nc2ccccc2)cc1Cl)c1cccnc1. The van der Waals surface area contributed by atoms with Crippen molar-refractivity contribution < 1.29 is 4.79 Å². The van der Waals surface area contributed by atoms with Gasteiger partial charge in [0.15, 0.2) is 0 Å². The third kappa shape index (κ3) is 3.87. The van der Waals surface area contributed by atoms with Crippen LogP contribution in [0.15, 0.2) is 73.1 Å². The number of carbonyl (C=O) groups is 1. The Labute approximate surface area is 139 Å². The van der Waals surface area contributed by atoms with Gasteiger partial charge in [-0.3, -0.25) is 9.78 Å². The summed E-state index contributed by atoms with van der Waals surface area (Å²) in [5.74, 6) is -0.247. The van der Waals surface area contributed by atoms with Crippen LogP contribution in [0.1, 0.15) is 10.4 Å². The number of anilines is 3. The summed E-state index contributed by atoms with van der Waals surface area (Å²) in [6.45, 7) is 0. The highest BCUT2D eigenvalue weighted by atomic mass is 35.5. The van der Waals surface area contributed by atoms with Crippen LogP contribution in [0.5, 0.6) is 0 Å². The topological polar surface area (TPSA) is 54.0 Å². The fourth-order valence-corrected chi connectivity index (χ4v) is 2.30. The number of amides is 1. The highest BCUT2D eigenvalue weighted by molar-refractivity contribution is 6.34. The first kappa shape index (κ1) is 15.1. The van der Waals surface area contributed by atoms with E-state index in [-0.39, 0.29) is 5.91 Å². The standard InChI is InChI=1S/C18H14ClN3O/c19-16-11-15(21-14-6-2-1-3-7-14)8-9-17(16)22-18(23)13-5-4-10-20-12-13/h1-12,21H,(H,22,23). The van der Waals surface area contributed by atoms with E-state index >= 15 is 0 Å². The van der Waals surface area contributed by atoms with Gasteiger partial charge in [0.05, 0.1) is 16.3 Å². The number of nitrogens with one attached hydrogen (secondary N) is 2. The first-order valence-corrected chi connectivity index (χ1v) is 7.43. The van der Waals surface area contributed by atoms with Crippen molar-refractivity contribution in [3.05, 3.63) is 83.6 Å². The van der Waals surface area contributed by atoms with E-state index in [0.717, 1.165) is 11.4 Å². The van der Waals surface area contributed by atoms with Crippen molar-refractivity contribution in [2.45, 2.75) is 0 Å². The molecule has 0 unspecified atom stereocenters. The zero-order chi connectivity index (χ0) is 16.1. The Hall–Kier alpha value is -2.85. The molecular formula is C18H14ClN3O. The zero-order valence-electron chi connectivity index (χ0n) is 12.2. The maximum absolute atomic E-state index is 12.1. The number of hydrogen-bond acceptors (Lipinski definition) is 3. The monoisotopic (exact) mass is 323 g/mol. The second kappa shape index (κ2) is 6.94. The number of aromatic nitrogens is 1. The van der Waals surface area contributed by atoms with E-state index in [9.17, 15) is 4.79 Å². The Bertz CT molecular complexity index is 807. The third-order valence-corrected chi connectivity index (χ3v) is 3.52. The molecule has 3 rings (SSSR count).